The lowest BCUT2D eigenvalue weighted by Gasteiger charge is -2.10. The maximum absolute atomic E-state index is 12.4. The minimum absolute atomic E-state index is 0.263. The maximum Gasteiger partial charge on any atom is 0.291 e. The maximum atomic E-state index is 12.4. The Morgan fingerprint density at radius 2 is 2.05 bits per heavy atom. The van der Waals surface area contributed by atoms with Crippen molar-refractivity contribution in [2.75, 3.05) is 11.9 Å². The summed E-state index contributed by atoms with van der Waals surface area (Å²) in [6.45, 7) is 2.43. The number of amides is 1. The molecule has 0 aliphatic rings. The summed E-state index contributed by atoms with van der Waals surface area (Å²) in [4.78, 5) is 12.4. The van der Waals surface area contributed by atoms with E-state index in [-0.39, 0.29) is 11.7 Å². The molecule has 1 aromatic heterocycles. The summed E-state index contributed by atoms with van der Waals surface area (Å²) in [5.74, 6) is 0.594. The quantitative estimate of drug-likeness (QED) is 0.724. The molecule has 0 radical (unpaired) electrons. The number of carbonyl (C=O) groups excluding carboxylic acids is 1. The molecule has 1 amide bonds. The first-order valence-corrected chi connectivity index (χ1v) is 7.69. The average Bonchev–Trinajstić information content (AvgIpc) is 2.92. The topological polar surface area (TPSA) is 51.5 Å². The van der Waals surface area contributed by atoms with E-state index in [0.717, 1.165) is 9.86 Å². The van der Waals surface area contributed by atoms with Crippen molar-refractivity contribution >= 4 is 38.5 Å². The number of rotatable bonds is 4. The summed E-state index contributed by atoms with van der Waals surface area (Å²) in [5.41, 5.74) is 1.29. The van der Waals surface area contributed by atoms with Gasteiger partial charge in [-0.15, -0.1) is 0 Å². The summed E-state index contributed by atoms with van der Waals surface area (Å²) in [6, 6.07) is 14.6. The van der Waals surface area contributed by atoms with Crippen molar-refractivity contribution in [3.8, 4) is 5.75 Å². The lowest BCUT2D eigenvalue weighted by atomic mass is 10.2. The number of hydrogen-bond donors (Lipinski definition) is 1. The minimum Gasteiger partial charge on any atom is -0.492 e. The summed E-state index contributed by atoms with van der Waals surface area (Å²) < 4.78 is 12.0. The predicted molar refractivity (Wildman–Crippen MR) is 89.5 cm³/mol. The van der Waals surface area contributed by atoms with Gasteiger partial charge in [0.2, 0.25) is 0 Å². The number of ether oxygens (including phenoxy) is 1. The average molecular weight is 360 g/mol. The molecule has 22 heavy (non-hydrogen) atoms. The van der Waals surface area contributed by atoms with Gasteiger partial charge in [0.15, 0.2) is 5.76 Å². The fourth-order valence-corrected chi connectivity index (χ4v) is 2.54. The van der Waals surface area contributed by atoms with Gasteiger partial charge < -0.3 is 14.5 Å². The van der Waals surface area contributed by atoms with Crippen LogP contribution in [0.4, 0.5) is 5.69 Å². The minimum atomic E-state index is -0.306. The smallest absolute Gasteiger partial charge is 0.291 e. The van der Waals surface area contributed by atoms with Gasteiger partial charge in [-0.25, -0.2) is 0 Å². The molecule has 5 heteroatoms. The van der Waals surface area contributed by atoms with E-state index in [2.05, 4.69) is 21.2 Å². The number of carbonyl (C=O) groups is 1. The molecule has 2 aromatic carbocycles. The SMILES string of the molecule is CCOc1ccccc1NC(=O)c1cc2cc(Br)ccc2o1. The predicted octanol–water partition coefficient (Wildman–Crippen LogP) is 4.85. The highest BCUT2D eigenvalue weighted by Crippen LogP contribution is 2.26. The molecule has 0 saturated heterocycles. The third-order valence-electron chi connectivity index (χ3n) is 3.14. The first-order valence-electron chi connectivity index (χ1n) is 6.89. The molecule has 0 spiro atoms. The molecule has 0 saturated carbocycles. The van der Waals surface area contributed by atoms with E-state index in [1.807, 2.05) is 43.3 Å². The van der Waals surface area contributed by atoms with Gasteiger partial charge in [-0.1, -0.05) is 28.1 Å². The number of para-hydroxylation sites is 2. The van der Waals surface area contributed by atoms with Gasteiger partial charge in [-0.05, 0) is 43.3 Å². The summed E-state index contributed by atoms with van der Waals surface area (Å²) in [6.07, 6.45) is 0. The van der Waals surface area contributed by atoms with Crippen LogP contribution in [0.5, 0.6) is 5.75 Å². The van der Waals surface area contributed by atoms with Crippen LogP contribution < -0.4 is 10.1 Å². The summed E-state index contributed by atoms with van der Waals surface area (Å²) in [7, 11) is 0. The Morgan fingerprint density at radius 1 is 1.23 bits per heavy atom. The van der Waals surface area contributed by atoms with Crippen molar-refractivity contribution in [1.82, 2.24) is 0 Å². The van der Waals surface area contributed by atoms with E-state index < -0.39 is 0 Å². The van der Waals surface area contributed by atoms with Crippen LogP contribution >= 0.6 is 15.9 Å². The zero-order chi connectivity index (χ0) is 15.5. The highest BCUT2D eigenvalue weighted by Gasteiger charge is 2.14. The zero-order valence-electron chi connectivity index (χ0n) is 11.9. The molecule has 1 N–H and O–H groups in total. The van der Waals surface area contributed by atoms with Gasteiger partial charge in [0.1, 0.15) is 11.3 Å². The van der Waals surface area contributed by atoms with Crippen molar-refractivity contribution in [2.24, 2.45) is 0 Å². The lowest BCUT2D eigenvalue weighted by molar-refractivity contribution is 0.0998. The lowest BCUT2D eigenvalue weighted by Crippen LogP contribution is -2.12. The molecule has 3 aromatic rings. The van der Waals surface area contributed by atoms with Crippen molar-refractivity contribution < 1.29 is 13.9 Å². The molecule has 0 fully saturated rings. The molecular weight excluding hydrogens is 346 g/mol. The second-order valence-electron chi connectivity index (χ2n) is 4.68. The van der Waals surface area contributed by atoms with Gasteiger partial charge >= 0.3 is 0 Å². The molecule has 0 unspecified atom stereocenters. The van der Waals surface area contributed by atoms with Gasteiger partial charge in [0.25, 0.3) is 5.91 Å². The largest absolute Gasteiger partial charge is 0.492 e. The summed E-state index contributed by atoms with van der Waals surface area (Å²) in [5, 5.41) is 3.69. The van der Waals surface area contributed by atoms with Crippen LogP contribution in [0.1, 0.15) is 17.5 Å². The van der Waals surface area contributed by atoms with Crippen LogP contribution in [-0.4, -0.2) is 12.5 Å². The monoisotopic (exact) mass is 359 g/mol. The van der Waals surface area contributed by atoms with Gasteiger partial charge in [-0.2, -0.15) is 0 Å². The zero-order valence-corrected chi connectivity index (χ0v) is 13.5. The molecule has 0 aliphatic carbocycles. The fraction of sp³-hybridized carbons (Fsp3) is 0.118. The Balaban J connectivity index is 1.87. The second-order valence-corrected chi connectivity index (χ2v) is 5.59. The van der Waals surface area contributed by atoms with Crippen LogP contribution in [0.2, 0.25) is 0 Å². The highest BCUT2D eigenvalue weighted by molar-refractivity contribution is 9.10. The number of benzene rings is 2. The Bertz CT molecular complexity index is 826. The van der Waals surface area contributed by atoms with E-state index in [4.69, 9.17) is 9.15 Å². The number of hydrogen-bond acceptors (Lipinski definition) is 3. The standard InChI is InChI=1S/C17H14BrNO3/c1-2-21-15-6-4-3-5-13(15)19-17(20)16-10-11-9-12(18)7-8-14(11)22-16/h3-10H,2H2,1H3,(H,19,20). The fourth-order valence-electron chi connectivity index (χ4n) is 2.16. The van der Waals surface area contributed by atoms with E-state index in [0.29, 0.717) is 23.6 Å². The first kappa shape index (κ1) is 14.7. The van der Waals surface area contributed by atoms with Crippen LogP contribution in [0, 0.1) is 0 Å². The molecule has 1 heterocycles. The Hall–Kier alpha value is -2.27. The van der Waals surface area contributed by atoms with Crippen LogP contribution in [0.15, 0.2) is 57.4 Å². The van der Waals surface area contributed by atoms with Crippen molar-refractivity contribution in [3.05, 3.63) is 58.8 Å². The van der Waals surface area contributed by atoms with E-state index >= 15 is 0 Å². The van der Waals surface area contributed by atoms with E-state index in [1.54, 1.807) is 12.1 Å². The third kappa shape index (κ3) is 2.99. The molecule has 0 bridgehead atoms. The first-order chi connectivity index (χ1) is 10.7. The summed E-state index contributed by atoms with van der Waals surface area (Å²) >= 11 is 3.40. The van der Waals surface area contributed by atoms with Crippen molar-refractivity contribution in [1.29, 1.82) is 0 Å². The highest BCUT2D eigenvalue weighted by atomic mass is 79.9. The van der Waals surface area contributed by atoms with E-state index in [1.165, 1.54) is 0 Å². The number of furan rings is 1. The van der Waals surface area contributed by atoms with Crippen LogP contribution in [0.3, 0.4) is 0 Å². The molecule has 0 aliphatic heterocycles. The Kier molecular flexibility index (Phi) is 4.15. The molecule has 0 atom stereocenters. The van der Waals surface area contributed by atoms with Gasteiger partial charge in [0.05, 0.1) is 12.3 Å². The third-order valence-corrected chi connectivity index (χ3v) is 3.63. The Labute approximate surface area is 136 Å². The van der Waals surface area contributed by atoms with Crippen LogP contribution in [-0.2, 0) is 0 Å². The number of fused-ring (bicyclic) bond motifs is 1. The van der Waals surface area contributed by atoms with Crippen molar-refractivity contribution in [2.45, 2.75) is 6.92 Å². The Morgan fingerprint density at radius 3 is 2.86 bits per heavy atom. The number of anilines is 1. The molecule has 4 nitrogen and oxygen atoms in total. The van der Waals surface area contributed by atoms with Gasteiger partial charge in [-0.3, -0.25) is 4.79 Å². The number of nitrogens with one attached hydrogen (secondary N) is 1. The normalized spacial score (nSPS) is 10.6. The van der Waals surface area contributed by atoms with Crippen LogP contribution in [0.25, 0.3) is 11.0 Å². The van der Waals surface area contributed by atoms with E-state index in [9.17, 15) is 4.79 Å². The van der Waals surface area contributed by atoms with Gasteiger partial charge in [0, 0.05) is 9.86 Å². The second kappa shape index (κ2) is 6.23. The van der Waals surface area contributed by atoms with Crippen molar-refractivity contribution in [3.63, 3.8) is 0 Å². The molecular formula is C17H14BrNO3. The molecule has 112 valence electrons. The number of halogens is 1. The molecule has 3 rings (SSSR count).